The molecule has 0 spiro atoms. The van der Waals surface area contributed by atoms with Gasteiger partial charge < -0.3 is 16.0 Å². The number of rotatable bonds is 5. The second kappa shape index (κ2) is 8.90. The number of amides is 2. The van der Waals surface area contributed by atoms with Crippen LogP contribution in [0.2, 0.25) is 10.0 Å². The molecule has 132 valence electrons. The predicted molar refractivity (Wildman–Crippen MR) is 103 cm³/mol. The fourth-order valence-corrected chi connectivity index (χ4v) is 2.41. The lowest BCUT2D eigenvalue weighted by molar-refractivity contribution is -0.114. The third-order valence-electron chi connectivity index (χ3n) is 3.13. The molecule has 2 rings (SSSR count). The van der Waals surface area contributed by atoms with Gasteiger partial charge in [-0.1, -0.05) is 23.2 Å². The first kappa shape index (κ1) is 19.3. The molecule has 0 saturated carbocycles. The first-order chi connectivity index (χ1) is 12.4. The van der Waals surface area contributed by atoms with Crippen molar-refractivity contribution < 1.29 is 9.59 Å². The highest BCUT2D eigenvalue weighted by molar-refractivity contribution is 6.36. The van der Waals surface area contributed by atoms with E-state index in [4.69, 9.17) is 23.2 Å². The van der Waals surface area contributed by atoms with Crippen molar-refractivity contribution in [3.05, 3.63) is 64.3 Å². The number of hydrogen-bond donors (Lipinski definition) is 3. The third-order valence-corrected chi connectivity index (χ3v) is 3.68. The molecule has 2 aromatic rings. The number of nitrogens with zero attached hydrogens (tertiary/aromatic N) is 1. The minimum absolute atomic E-state index is 0.137. The van der Waals surface area contributed by atoms with Gasteiger partial charge in [-0.05, 0) is 42.5 Å². The van der Waals surface area contributed by atoms with Crippen LogP contribution in [-0.4, -0.2) is 11.8 Å². The highest BCUT2D eigenvalue weighted by atomic mass is 35.5. The monoisotopic (exact) mass is 388 g/mol. The van der Waals surface area contributed by atoms with Crippen molar-refractivity contribution in [3.8, 4) is 6.07 Å². The van der Waals surface area contributed by atoms with Crippen LogP contribution in [0.1, 0.15) is 6.92 Å². The van der Waals surface area contributed by atoms with Gasteiger partial charge in [0.05, 0.1) is 10.7 Å². The summed E-state index contributed by atoms with van der Waals surface area (Å²) in [7, 11) is 0. The third kappa shape index (κ3) is 5.52. The van der Waals surface area contributed by atoms with Gasteiger partial charge in [-0.3, -0.25) is 9.59 Å². The van der Waals surface area contributed by atoms with Crippen LogP contribution in [0, 0.1) is 11.3 Å². The second-order valence-electron chi connectivity index (χ2n) is 5.15. The van der Waals surface area contributed by atoms with Gasteiger partial charge in [0.1, 0.15) is 11.6 Å². The first-order valence-corrected chi connectivity index (χ1v) is 8.15. The van der Waals surface area contributed by atoms with Crippen molar-refractivity contribution in [1.82, 2.24) is 0 Å². The predicted octanol–water partition coefficient (Wildman–Crippen LogP) is 4.41. The van der Waals surface area contributed by atoms with Crippen molar-refractivity contribution in [1.29, 1.82) is 5.26 Å². The zero-order chi connectivity index (χ0) is 19.1. The van der Waals surface area contributed by atoms with E-state index in [1.54, 1.807) is 42.5 Å². The van der Waals surface area contributed by atoms with Gasteiger partial charge in [0.2, 0.25) is 5.91 Å². The van der Waals surface area contributed by atoms with Crippen molar-refractivity contribution in [3.63, 3.8) is 0 Å². The van der Waals surface area contributed by atoms with Gasteiger partial charge in [0, 0.05) is 29.5 Å². The van der Waals surface area contributed by atoms with Gasteiger partial charge >= 0.3 is 0 Å². The van der Waals surface area contributed by atoms with Crippen LogP contribution < -0.4 is 16.0 Å². The summed E-state index contributed by atoms with van der Waals surface area (Å²) in [5.74, 6) is -0.777. The molecule has 2 amide bonds. The largest absolute Gasteiger partial charge is 0.359 e. The quantitative estimate of drug-likeness (QED) is 0.522. The molecule has 0 aliphatic rings. The molecule has 0 aromatic heterocycles. The number of anilines is 3. The minimum Gasteiger partial charge on any atom is -0.359 e. The van der Waals surface area contributed by atoms with Crippen LogP contribution in [0.3, 0.4) is 0 Å². The average molecular weight is 389 g/mol. The normalized spacial score (nSPS) is 10.6. The van der Waals surface area contributed by atoms with E-state index in [2.05, 4.69) is 16.0 Å². The Labute approximate surface area is 160 Å². The van der Waals surface area contributed by atoms with Gasteiger partial charge in [-0.15, -0.1) is 0 Å². The molecule has 0 unspecified atom stereocenters. The summed E-state index contributed by atoms with van der Waals surface area (Å²) in [6.45, 7) is 1.40. The Morgan fingerprint density at radius 1 is 1.04 bits per heavy atom. The summed E-state index contributed by atoms with van der Waals surface area (Å²) in [5.41, 5.74) is 1.46. The summed E-state index contributed by atoms with van der Waals surface area (Å²) in [5, 5.41) is 18.0. The molecule has 0 radical (unpaired) electrons. The maximum absolute atomic E-state index is 12.2. The molecule has 0 bridgehead atoms. The Kier molecular flexibility index (Phi) is 6.61. The van der Waals surface area contributed by atoms with Crippen LogP contribution in [0.4, 0.5) is 17.1 Å². The van der Waals surface area contributed by atoms with Crippen molar-refractivity contribution in [2.24, 2.45) is 0 Å². The number of hydrogen-bond acceptors (Lipinski definition) is 4. The number of nitriles is 1. The van der Waals surface area contributed by atoms with Gasteiger partial charge in [-0.2, -0.15) is 5.26 Å². The summed E-state index contributed by atoms with van der Waals surface area (Å²) >= 11 is 11.8. The van der Waals surface area contributed by atoms with Crippen LogP contribution >= 0.6 is 23.2 Å². The fraction of sp³-hybridized carbons (Fsp3) is 0.0556. The molecular weight excluding hydrogens is 375 g/mol. The van der Waals surface area contributed by atoms with Crippen LogP contribution in [0.15, 0.2) is 54.2 Å². The van der Waals surface area contributed by atoms with Gasteiger partial charge in [-0.25, -0.2) is 0 Å². The zero-order valence-corrected chi connectivity index (χ0v) is 15.2. The molecular formula is C18H14Cl2N4O2. The van der Waals surface area contributed by atoms with E-state index in [9.17, 15) is 14.9 Å². The van der Waals surface area contributed by atoms with Gasteiger partial charge in [0.15, 0.2) is 0 Å². The molecule has 3 N–H and O–H groups in total. The van der Waals surface area contributed by atoms with Gasteiger partial charge in [0.25, 0.3) is 5.91 Å². The topological polar surface area (TPSA) is 94.0 Å². The van der Waals surface area contributed by atoms with E-state index in [1.807, 2.05) is 6.07 Å². The van der Waals surface area contributed by atoms with Crippen molar-refractivity contribution in [2.75, 3.05) is 16.0 Å². The van der Waals surface area contributed by atoms with Crippen molar-refractivity contribution in [2.45, 2.75) is 6.92 Å². The van der Waals surface area contributed by atoms with E-state index in [1.165, 1.54) is 13.1 Å². The number of carbonyl (C=O) groups is 2. The number of halogens is 2. The maximum atomic E-state index is 12.2. The minimum atomic E-state index is -0.586. The Hall–Kier alpha value is -3.01. The number of benzene rings is 2. The maximum Gasteiger partial charge on any atom is 0.267 e. The van der Waals surface area contributed by atoms with E-state index in [0.717, 1.165) is 0 Å². The lowest BCUT2D eigenvalue weighted by Gasteiger charge is -2.07. The average Bonchev–Trinajstić information content (AvgIpc) is 2.58. The molecule has 0 aliphatic heterocycles. The molecule has 0 aliphatic carbocycles. The van der Waals surface area contributed by atoms with Crippen LogP contribution in [-0.2, 0) is 9.59 Å². The summed E-state index contributed by atoms with van der Waals surface area (Å²) in [6.07, 6.45) is 1.26. The number of nitrogens with one attached hydrogen (secondary N) is 3. The molecule has 0 atom stereocenters. The molecule has 0 saturated heterocycles. The zero-order valence-electron chi connectivity index (χ0n) is 13.6. The Morgan fingerprint density at radius 2 is 1.65 bits per heavy atom. The lowest BCUT2D eigenvalue weighted by atomic mass is 10.2. The van der Waals surface area contributed by atoms with E-state index < -0.39 is 5.91 Å². The summed E-state index contributed by atoms with van der Waals surface area (Å²) in [6, 6.07) is 13.1. The first-order valence-electron chi connectivity index (χ1n) is 7.40. The standard InChI is InChI=1S/C18H14Cl2N4O2/c1-11(25)23-14-3-5-15(6-4-14)24-18(26)12(9-21)10-22-17-7-2-13(19)8-16(17)20/h2-8,10,22H,1H3,(H,23,25)(H,24,26)/b12-10-. The molecule has 0 heterocycles. The molecule has 8 heteroatoms. The molecule has 0 fully saturated rings. The Morgan fingerprint density at radius 3 is 2.19 bits per heavy atom. The van der Waals surface area contributed by atoms with E-state index in [0.29, 0.717) is 27.1 Å². The second-order valence-corrected chi connectivity index (χ2v) is 5.99. The van der Waals surface area contributed by atoms with E-state index in [-0.39, 0.29) is 11.5 Å². The van der Waals surface area contributed by atoms with E-state index >= 15 is 0 Å². The summed E-state index contributed by atoms with van der Waals surface area (Å²) < 4.78 is 0. The van der Waals surface area contributed by atoms with Crippen molar-refractivity contribution >= 4 is 52.1 Å². The Bertz CT molecular complexity index is 902. The smallest absolute Gasteiger partial charge is 0.267 e. The summed E-state index contributed by atoms with van der Waals surface area (Å²) in [4.78, 5) is 23.2. The highest BCUT2D eigenvalue weighted by Crippen LogP contribution is 2.25. The Balaban J connectivity index is 2.06. The van der Waals surface area contributed by atoms with Crippen LogP contribution in [0.5, 0.6) is 0 Å². The fourth-order valence-electron chi connectivity index (χ4n) is 1.94. The molecule has 6 nitrogen and oxygen atoms in total. The molecule has 26 heavy (non-hydrogen) atoms. The highest BCUT2D eigenvalue weighted by Gasteiger charge is 2.10. The number of carbonyl (C=O) groups excluding carboxylic acids is 2. The molecule has 2 aromatic carbocycles. The lowest BCUT2D eigenvalue weighted by Crippen LogP contribution is -2.14. The SMILES string of the molecule is CC(=O)Nc1ccc(NC(=O)/C(C#N)=C\Nc2ccc(Cl)cc2Cl)cc1. The van der Waals surface area contributed by atoms with Crippen LogP contribution in [0.25, 0.3) is 0 Å².